The Kier molecular flexibility index (Phi) is 5.75. The lowest BCUT2D eigenvalue weighted by atomic mass is 9.80. The zero-order valence-corrected chi connectivity index (χ0v) is 18.1. The predicted molar refractivity (Wildman–Crippen MR) is 115 cm³/mol. The lowest BCUT2D eigenvalue weighted by Gasteiger charge is -2.42. The second-order valence-electron chi connectivity index (χ2n) is 9.20. The number of carbonyl (C=O) groups excluding carboxylic acids is 3. The highest BCUT2D eigenvalue weighted by atomic mass is 16.2. The number of aromatic nitrogens is 4. The lowest BCUT2D eigenvalue weighted by molar-refractivity contribution is -0.139. The van der Waals surface area contributed by atoms with Gasteiger partial charge in [0, 0.05) is 39.1 Å². The minimum atomic E-state index is -0.106. The van der Waals surface area contributed by atoms with Crippen LogP contribution in [0, 0.1) is 17.8 Å². The number of aromatic amines is 1. The van der Waals surface area contributed by atoms with E-state index in [0.717, 1.165) is 38.8 Å². The van der Waals surface area contributed by atoms with Crippen LogP contribution in [-0.4, -0.2) is 80.2 Å². The summed E-state index contributed by atoms with van der Waals surface area (Å²) in [5.74, 6) is 0.765. The maximum atomic E-state index is 13.2. The molecule has 3 unspecified atom stereocenters. The molecule has 2 N–H and O–H groups in total. The first kappa shape index (κ1) is 20.8. The van der Waals surface area contributed by atoms with Gasteiger partial charge in [0.2, 0.25) is 11.8 Å². The Labute approximate surface area is 186 Å². The monoisotopic (exact) mass is 439 g/mol. The summed E-state index contributed by atoms with van der Waals surface area (Å²) in [6.45, 7) is 3.38. The van der Waals surface area contributed by atoms with E-state index in [4.69, 9.17) is 0 Å². The zero-order valence-electron chi connectivity index (χ0n) is 18.1. The van der Waals surface area contributed by atoms with Crippen LogP contribution in [0.5, 0.6) is 0 Å². The summed E-state index contributed by atoms with van der Waals surface area (Å²) in [6.07, 6.45) is 8.07. The molecular formula is C22H29N7O3. The van der Waals surface area contributed by atoms with Crippen molar-refractivity contribution in [2.45, 2.75) is 38.5 Å². The van der Waals surface area contributed by atoms with E-state index in [1.807, 2.05) is 9.80 Å². The third-order valence-corrected chi connectivity index (χ3v) is 7.22. The lowest BCUT2D eigenvalue weighted by Crippen LogP contribution is -2.50. The van der Waals surface area contributed by atoms with Gasteiger partial charge in [-0.1, -0.05) is 0 Å². The quantitative estimate of drug-likeness (QED) is 0.734. The molecule has 0 spiro atoms. The number of hydrogen-bond acceptors (Lipinski definition) is 6. The molecule has 3 amide bonds. The van der Waals surface area contributed by atoms with Crippen molar-refractivity contribution in [3.05, 3.63) is 18.3 Å². The van der Waals surface area contributed by atoms with Gasteiger partial charge in [-0.3, -0.25) is 14.4 Å². The Balaban J connectivity index is 1.24. The van der Waals surface area contributed by atoms with Crippen LogP contribution in [0.4, 0.5) is 0 Å². The highest BCUT2D eigenvalue weighted by molar-refractivity contribution is 6.01. The van der Waals surface area contributed by atoms with Gasteiger partial charge in [-0.25, -0.2) is 15.0 Å². The summed E-state index contributed by atoms with van der Waals surface area (Å²) in [5.41, 5.74) is 1.44. The van der Waals surface area contributed by atoms with E-state index in [9.17, 15) is 14.4 Å². The number of amides is 3. The van der Waals surface area contributed by atoms with Gasteiger partial charge in [-0.2, -0.15) is 0 Å². The summed E-state index contributed by atoms with van der Waals surface area (Å²) in [7, 11) is 0. The van der Waals surface area contributed by atoms with Crippen molar-refractivity contribution in [1.29, 1.82) is 0 Å². The first-order valence-corrected chi connectivity index (χ1v) is 11.6. The average Bonchev–Trinajstić information content (AvgIpc) is 3.33. The fourth-order valence-corrected chi connectivity index (χ4v) is 5.45. The molecule has 3 saturated heterocycles. The molecule has 10 nitrogen and oxygen atoms in total. The van der Waals surface area contributed by atoms with Gasteiger partial charge in [-0.05, 0) is 43.9 Å². The van der Waals surface area contributed by atoms with Crippen molar-refractivity contribution in [2.75, 3.05) is 32.7 Å². The molecule has 5 heterocycles. The molecule has 3 aliphatic rings. The Bertz CT molecular complexity index is 1010. The van der Waals surface area contributed by atoms with Crippen molar-refractivity contribution in [3.8, 4) is 0 Å². The molecule has 0 aromatic carbocycles. The maximum absolute atomic E-state index is 13.2. The third-order valence-electron chi connectivity index (χ3n) is 7.22. The van der Waals surface area contributed by atoms with Crippen LogP contribution in [-0.2, 0) is 9.59 Å². The molecule has 3 aliphatic heterocycles. The second kappa shape index (κ2) is 8.84. The van der Waals surface area contributed by atoms with Gasteiger partial charge in [0.25, 0.3) is 5.91 Å². The number of fused-ring (bicyclic) bond motifs is 1. The van der Waals surface area contributed by atoms with Gasteiger partial charge in [0.05, 0.1) is 12.2 Å². The van der Waals surface area contributed by atoms with E-state index >= 15 is 0 Å². The van der Waals surface area contributed by atoms with E-state index in [0.29, 0.717) is 61.2 Å². The summed E-state index contributed by atoms with van der Waals surface area (Å²) >= 11 is 0. The number of imidazole rings is 1. The van der Waals surface area contributed by atoms with Crippen molar-refractivity contribution in [2.24, 2.45) is 17.8 Å². The fraction of sp³-hybridized carbons (Fsp3) is 0.636. The topological polar surface area (TPSA) is 124 Å². The van der Waals surface area contributed by atoms with Crippen molar-refractivity contribution in [3.63, 3.8) is 0 Å². The molecule has 2 aromatic heterocycles. The van der Waals surface area contributed by atoms with Crippen LogP contribution >= 0.6 is 0 Å². The highest BCUT2D eigenvalue weighted by Crippen LogP contribution is 2.32. The van der Waals surface area contributed by atoms with Gasteiger partial charge in [0.15, 0.2) is 11.3 Å². The number of likely N-dealkylation sites (tertiary alicyclic amines) is 2. The SMILES string of the molecule is O=C1CCC(C(=O)N2CCCC(C3CCCN(C(=O)c4ncnc5nc[nH]c45)C3)C2)CN1. The van der Waals surface area contributed by atoms with Gasteiger partial charge < -0.3 is 20.1 Å². The normalized spacial score (nSPS) is 26.8. The largest absolute Gasteiger partial charge is 0.355 e. The molecule has 3 fully saturated rings. The first-order chi connectivity index (χ1) is 15.6. The number of H-pyrrole nitrogens is 1. The van der Waals surface area contributed by atoms with Crippen molar-refractivity contribution < 1.29 is 14.4 Å². The molecule has 10 heteroatoms. The number of nitrogens with zero attached hydrogens (tertiary/aromatic N) is 5. The number of piperidine rings is 3. The van der Waals surface area contributed by atoms with E-state index in [-0.39, 0.29) is 23.6 Å². The van der Waals surface area contributed by atoms with Gasteiger partial charge in [0.1, 0.15) is 11.8 Å². The molecule has 3 atom stereocenters. The van der Waals surface area contributed by atoms with Crippen molar-refractivity contribution >= 4 is 28.9 Å². The fourth-order valence-electron chi connectivity index (χ4n) is 5.45. The maximum Gasteiger partial charge on any atom is 0.274 e. The summed E-state index contributed by atoms with van der Waals surface area (Å²) < 4.78 is 0. The minimum absolute atomic E-state index is 0.0358. The number of carbonyl (C=O) groups is 3. The van der Waals surface area contributed by atoms with E-state index in [1.54, 1.807) is 0 Å². The summed E-state index contributed by atoms with van der Waals surface area (Å²) in [5, 5.41) is 2.82. The van der Waals surface area contributed by atoms with Gasteiger partial charge in [-0.15, -0.1) is 0 Å². The van der Waals surface area contributed by atoms with Crippen LogP contribution in [0.2, 0.25) is 0 Å². The van der Waals surface area contributed by atoms with Gasteiger partial charge >= 0.3 is 0 Å². The van der Waals surface area contributed by atoms with E-state index < -0.39 is 0 Å². The molecule has 32 heavy (non-hydrogen) atoms. The zero-order chi connectivity index (χ0) is 22.1. The average molecular weight is 440 g/mol. The van der Waals surface area contributed by atoms with E-state index in [2.05, 4.69) is 25.3 Å². The van der Waals surface area contributed by atoms with Crippen LogP contribution in [0.3, 0.4) is 0 Å². The van der Waals surface area contributed by atoms with Crippen LogP contribution in [0.1, 0.15) is 49.0 Å². The predicted octanol–water partition coefficient (Wildman–Crippen LogP) is 0.970. The van der Waals surface area contributed by atoms with Crippen LogP contribution < -0.4 is 5.32 Å². The Hall–Kier alpha value is -3.04. The molecule has 0 radical (unpaired) electrons. The highest BCUT2D eigenvalue weighted by Gasteiger charge is 2.36. The molecular weight excluding hydrogens is 410 g/mol. The molecule has 0 bridgehead atoms. The molecule has 5 rings (SSSR count). The number of rotatable bonds is 3. The standard InChI is InChI=1S/C22H29N7O3/c30-17-6-5-14(9-23-17)21(31)28-7-1-3-15(10-28)16-4-2-8-29(11-16)22(32)19-18-20(26-12-24-18)27-13-25-19/h12-16H,1-11H2,(H,23,30)(H,24,25,26,27). The molecule has 0 saturated carbocycles. The first-order valence-electron chi connectivity index (χ1n) is 11.6. The van der Waals surface area contributed by atoms with E-state index in [1.165, 1.54) is 12.7 Å². The summed E-state index contributed by atoms with van der Waals surface area (Å²) in [6, 6.07) is 0. The van der Waals surface area contributed by atoms with Crippen molar-refractivity contribution in [1.82, 2.24) is 35.1 Å². The molecule has 170 valence electrons. The van der Waals surface area contributed by atoms with Crippen LogP contribution in [0.15, 0.2) is 12.7 Å². The third kappa shape index (κ3) is 4.05. The molecule has 0 aliphatic carbocycles. The Morgan fingerprint density at radius 1 is 0.969 bits per heavy atom. The number of nitrogens with one attached hydrogen (secondary N) is 2. The second-order valence-corrected chi connectivity index (χ2v) is 9.20. The number of hydrogen-bond donors (Lipinski definition) is 2. The smallest absolute Gasteiger partial charge is 0.274 e. The minimum Gasteiger partial charge on any atom is -0.355 e. The molecule has 2 aromatic rings. The van der Waals surface area contributed by atoms with Crippen LogP contribution in [0.25, 0.3) is 11.2 Å². The Morgan fingerprint density at radius 3 is 2.47 bits per heavy atom. The Morgan fingerprint density at radius 2 is 1.72 bits per heavy atom. The summed E-state index contributed by atoms with van der Waals surface area (Å²) in [4.78, 5) is 57.0.